The van der Waals surface area contributed by atoms with Crippen LogP contribution in [0.1, 0.15) is 40.9 Å². The molecule has 1 aliphatic carbocycles. The van der Waals surface area contributed by atoms with E-state index in [-0.39, 0.29) is 11.5 Å². The van der Waals surface area contributed by atoms with E-state index in [0.717, 1.165) is 41.5 Å². The average Bonchev–Trinajstić information content (AvgIpc) is 3.07. The van der Waals surface area contributed by atoms with Gasteiger partial charge in [-0.25, -0.2) is 4.79 Å². The third-order valence-corrected chi connectivity index (χ3v) is 5.39. The van der Waals surface area contributed by atoms with Gasteiger partial charge in [0.15, 0.2) is 0 Å². The van der Waals surface area contributed by atoms with Crippen molar-refractivity contribution in [1.29, 1.82) is 0 Å². The number of fused-ring (bicyclic) bond motifs is 2. The molecule has 25 heavy (non-hydrogen) atoms. The summed E-state index contributed by atoms with van der Waals surface area (Å²) in [5, 5.41) is 19.4. The summed E-state index contributed by atoms with van der Waals surface area (Å²) < 4.78 is 0. The van der Waals surface area contributed by atoms with E-state index in [1.807, 2.05) is 0 Å². The van der Waals surface area contributed by atoms with Gasteiger partial charge in [0.2, 0.25) is 0 Å². The highest BCUT2D eigenvalue weighted by molar-refractivity contribution is 6.00. The topological polar surface area (TPSA) is 90.7 Å². The molecule has 0 amide bonds. The molecule has 6 heteroatoms. The third kappa shape index (κ3) is 2.71. The number of aryl methyl sites for hydroxylation is 1. The van der Waals surface area contributed by atoms with Gasteiger partial charge in [0.1, 0.15) is 0 Å². The quantitative estimate of drug-likeness (QED) is 0.893. The Morgan fingerprint density at radius 3 is 2.56 bits per heavy atom. The molecule has 0 unspecified atom stereocenters. The SMILES string of the molecule is O=C(O)c1ccc2nc3c(c(N4CCC(C(=O)O)CC4)c2c1)CCC3. The Morgan fingerprint density at radius 2 is 1.88 bits per heavy atom. The highest BCUT2D eigenvalue weighted by Crippen LogP contribution is 2.38. The number of rotatable bonds is 3. The lowest BCUT2D eigenvalue weighted by Crippen LogP contribution is -2.37. The molecule has 1 aromatic heterocycles. The highest BCUT2D eigenvalue weighted by Gasteiger charge is 2.29. The Balaban J connectivity index is 1.82. The van der Waals surface area contributed by atoms with Crippen LogP contribution in [0.2, 0.25) is 0 Å². The zero-order valence-electron chi connectivity index (χ0n) is 13.9. The van der Waals surface area contributed by atoms with Crippen LogP contribution in [0, 0.1) is 5.92 Å². The van der Waals surface area contributed by atoms with Crippen LogP contribution in [0.4, 0.5) is 5.69 Å². The van der Waals surface area contributed by atoms with Crippen molar-refractivity contribution >= 4 is 28.5 Å². The molecule has 2 N–H and O–H groups in total. The molecule has 1 aliphatic heterocycles. The Labute approximate surface area is 145 Å². The van der Waals surface area contributed by atoms with Gasteiger partial charge in [0, 0.05) is 24.2 Å². The van der Waals surface area contributed by atoms with Gasteiger partial charge >= 0.3 is 11.9 Å². The van der Waals surface area contributed by atoms with Gasteiger partial charge in [0.25, 0.3) is 0 Å². The summed E-state index contributed by atoms with van der Waals surface area (Å²) in [5.41, 5.74) is 4.47. The summed E-state index contributed by atoms with van der Waals surface area (Å²) in [6.07, 6.45) is 4.19. The number of pyridine rings is 1. The molecule has 6 nitrogen and oxygen atoms in total. The number of anilines is 1. The number of carbonyl (C=O) groups is 2. The van der Waals surface area contributed by atoms with E-state index in [0.29, 0.717) is 25.9 Å². The van der Waals surface area contributed by atoms with E-state index in [9.17, 15) is 19.8 Å². The van der Waals surface area contributed by atoms with Crippen LogP contribution in [0.3, 0.4) is 0 Å². The lowest BCUT2D eigenvalue weighted by atomic mass is 9.95. The number of aromatic carboxylic acids is 1. The Bertz CT molecular complexity index is 869. The second-order valence-electron chi connectivity index (χ2n) is 6.88. The van der Waals surface area contributed by atoms with Crippen molar-refractivity contribution in [2.45, 2.75) is 32.1 Å². The van der Waals surface area contributed by atoms with Crippen molar-refractivity contribution in [3.63, 3.8) is 0 Å². The fourth-order valence-corrected chi connectivity index (χ4v) is 4.08. The molecule has 2 heterocycles. The molecule has 0 spiro atoms. The first kappa shape index (κ1) is 15.9. The maximum atomic E-state index is 11.4. The molecule has 1 aromatic carbocycles. The second-order valence-corrected chi connectivity index (χ2v) is 6.88. The van der Waals surface area contributed by atoms with Crippen molar-refractivity contribution in [2.24, 2.45) is 5.92 Å². The summed E-state index contributed by atoms with van der Waals surface area (Å²) in [7, 11) is 0. The number of hydrogen-bond donors (Lipinski definition) is 2. The van der Waals surface area contributed by atoms with Crippen LogP contribution in [0.15, 0.2) is 18.2 Å². The maximum absolute atomic E-state index is 11.4. The number of carboxylic acids is 2. The van der Waals surface area contributed by atoms with E-state index < -0.39 is 11.9 Å². The van der Waals surface area contributed by atoms with Gasteiger partial charge in [-0.05, 0) is 55.9 Å². The molecule has 1 fully saturated rings. The fourth-order valence-electron chi connectivity index (χ4n) is 4.08. The van der Waals surface area contributed by atoms with Crippen molar-refractivity contribution in [3.8, 4) is 0 Å². The van der Waals surface area contributed by atoms with Gasteiger partial charge in [-0.3, -0.25) is 9.78 Å². The number of carboxylic acid groups (broad SMARTS) is 2. The number of aliphatic carboxylic acids is 1. The number of hydrogen-bond acceptors (Lipinski definition) is 4. The molecule has 2 aliphatic rings. The number of piperidine rings is 1. The van der Waals surface area contributed by atoms with Crippen molar-refractivity contribution < 1.29 is 19.8 Å². The molecule has 0 atom stereocenters. The first-order valence-electron chi connectivity index (χ1n) is 8.71. The minimum absolute atomic E-state index is 0.258. The number of aromatic nitrogens is 1. The Morgan fingerprint density at radius 1 is 1.12 bits per heavy atom. The summed E-state index contributed by atoms with van der Waals surface area (Å²) in [6, 6.07) is 5.09. The average molecular weight is 340 g/mol. The largest absolute Gasteiger partial charge is 0.481 e. The van der Waals surface area contributed by atoms with Gasteiger partial charge in [0.05, 0.1) is 22.7 Å². The van der Waals surface area contributed by atoms with Crippen LogP contribution in [-0.2, 0) is 17.6 Å². The molecule has 130 valence electrons. The minimum Gasteiger partial charge on any atom is -0.481 e. The van der Waals surface area contributed by atoms with E-state index in [1.54, 1.807) is 18.2 Å². The second kappa shape index (κ2) is 6.02. The third-order valence-electron chi connectivity index (χ3n) is 5.39. The smallest absolute Gasteiger partial charge is 0.335 e. The summed E-state index contributed by atoms with van der Waals surface area (Å²) in [5.74, 6) is -1.96. The number of benzene rings is 1. The van der Waals surface area contributed by atoms with Crippen LogP contribution in [0.5, 0.6) is 0 Å². The van der Waals surface area contributed by atoms with Gasteiger partial charge in [-0.15, -0.1) is 0 Å². The lowest BCUT2D eigenvalue weighted by molar-refractivity contribution is -0.142. The molecule has 0 bridgehead atoms. The molecular weight excluding hydrogens is 320 g/mol. The summed E-state index contributed by atoms with van der Waals surface area (Å²) in [6.45, 7) is 1.36. The normalized spacial score (nSPS) is 17.7. The van der Waals surface area contributed by atoms with Crippen LogP contribution >= 0.6 is 0 Å². The molecule has 0 saturated carbocycles. The highest BCUT2D eigenvalue weighted by atomic mass is 16.4. The fraction of sp³-hybridized carbons (Fsp3) is 0.421. The zero-order valence-corrected chi connectivity index (χ0v) is 13.9. The maximum Gasteiger partial charge on any atom is 0.335 e. The minimum atomic E-state index is -0.946. The van der Waals surface area contributed by atoms with Crippen molar-refractivity contribution in [3.05, 3.63) is 35.0 Å². The molecule has 2 aromatic rings. The Hall–Kier alpha value is -2.63. The number of nitrogens with zero attached hydrogens (tertiary/aromatic N) is 2. The zero-order chi connectivity index (χ0) is 17.6. The van der Waals surface area contributed by atoms with Crippen molar-refractivity contribution in [1.82, 2.24) is 4.98 Å². The lowest BCUT2D eigenvalue weighted by Gasteiger charge is -2.34. The van der Waals surface area contributed by atoms with Crippen LogP contribution < -0.4 is 4.90 Å². The monoisotopic (exact) mass is 340 g/mol. The van der Waals surface area contributed by atoms with E-state index in [1.165, 1.54) is 5.56 Å². The summed E-state index contributed by atoms with van der Waals surface area (Å²) in [4.78, 5) is 29.6. The molecule has 4 rings (SSSR count). The van der Waals surface area contributed by atoms with Crippen LogP contribution in [-0.4, -0.2) is 40.2 Å². The predicted molar refractivity (Wildman–Crippen MR) is 93.3 cm³/mol. The van der Waals surface area contributed by atoms with E-state index >= 15 is 0 Å². The summed E-state index contributed by atoms with van der Waals surface area (Å²) >= 11 is 0. The molecule has 1 saturated heterocycles. The predicted octanol–water partition coefficient (Wildman–Crippen LogP) is 2.72. The first-order chi connectivity index (χ1) is 12.0. The van der Waals surface area contributed by atoms with E-state index in [2.05, 4.69) is 4.90 Å². The standard InChI is InChI=1S/C19H20N2O4/c22-18(23)11-6-8-21(9-7-11)17-13-2-1-3-15(13)20-16-5-4-12(19(24)25)10-14(16)17/h4-5,10-11H,1-3,6-9H2,(H,22,23)(H,24,25). The molecular formula is C19H20N2O4. The van der Waals surface area contributed by atoms with Gasteiger partial charge in [-0.1, -0.05) is 0 Å². The van der Waals surface area contributed by atoms with Gasteiger partial charge in [-0.2, -0.15) is 0 Å². The van der Waals surface area contributed by atoms with Gasteiger partial charge < -0.3 is 15.1 Å². The van der Waals surface area contributed by atoms with Crippen molar-refractivity contribution in [2.75, 3.05) is 18.0 Å². The molecule has 0 radical (unpaired) electrons. The van der Waals surface area contributed by atoms with E-state index in [4.69, 9.17) is 4.98 Å². The van der Waals surface area contributed by atoms with Crippen LogP contribution in [0.25, 0.3) is 10.9 Å². The Kier molecular flexibility index (Phi) is 3.82. The first-order valence-corrected chi connectivity index (χ1v) is 8.71.